The molecule has 0 unspecified atom stereocenters. The Labute approximate surface area is 166 Å². The number of carbonyl (C=O) groups is 1. The second-order valence-electron chi connectivity index (χ2n) is 6.16. The van der Waals surface area contributed by atoms with Gasteiger partial charge < -0.3 is 4.42 Å². The maximum absolute atomic E-state index is 13.3. The molecule has 28 heavy (non-hydrogen) atoms. The van der Waals surface area contributed by atoms with Gasteiger partial charge in [-0.05, 0) is 41.1 Å². The Balaban J connectivity index is 1.83. The first kappa shape index (κ1) is 16.9. The fourth-order valence-electron chi connectivity index (χ4n) is 3.37. The highest BCUT2D eigenvalue weighted by Gasteiger charge is 2.45. The molecule has 1 aliphatic rings. The summed E-state index contributed by atoms with van der Waals surface area (Å²) in [5, 5.41) is 14.8. The molecule has 0 saturated heterocycles. The van der Waals surface area contributed by atoms with Crippen LogP contribution in [0, 0.1) is 0 Å². The maximum Gasteiger partial charge on any atom is 0.297 e. The number of nitrogens with one attached hydrogen (secondary N) is 1. The normalized spacial score (nSPS) is 16.0. The van der Waals surface area contributed by atoms with Crippen LogP contribution in [0.25, 0.3) is 11.0 Å². The van der Waals surface area contributed by atoms with Gasteiger partial charge in [-0.1, -0.05) is 40.4 Å². The van der Waals surface area contributed by atoms with Gasteiger partial charge in [-0.25, -0.2) is 0 Å². The van der Waals surface area contributed by atoms with Gasteiger partial charge in [-0.2, -0.15) is 5.21 Å². The zero-order valence-electron chi connectivity index (χ0n) is 13.9. The molecule has 138 valence electrons. The molecule has 5 rings (SSSR count). The number of carbonyl (C=O) groups excluding carboxylic acids is 1. The third kappa shape index (κ3) is 2.42. The summed E-state index contributed by atoms with van der Waals surface area (Å²) in [4.78, 5) is 27.7. The van der Waals surface area contributed by atoms with Crippen molar-refractivity contribution in [2.24, 2.45) is 0 Å². The van der Waals surface area contributed by atoms with Crippen LogP contribution in [-0.4, -0.2) is 26.5 Å². The monoisotopic (exact) mass is 413 g/mol. The van der Waals surface area contributed by atoms with E-state index in [-0.39, 0.29) is 33.7 Å². The molecular formula is C18H9Cl2N5O3. The molecule has 3 heterocycles. The number of aromatic nitrogens is 4. The molecule has 0 saturated carbocycles. The summed E-state index contributed by atoms with van der Waals surface area (Å²) in [6.45, 7) is 0. The third-order valence-electron chi connectivity index (χ3n) is 4.57. The zero-order chi connectivity index (χ0) is 19.4. The average Bonchev–Trinajstić information content (AvgIpc) is 3.30. The Bertz CT molecular complexity index is 1290. The first-order valence-electron chi connectivity index (χ1n) is 8.13. The topological polar surface area (TPSA) is 105 Å². The van der Waals surface area contributed by atoms with Crippen molar-refractivity contribution < 1.29 is 9.21 Å². The van der Waals surface area contributed by atoms with E-state index in [4.69, 9.17) is 27.6 Å². The molecule has 10 heteroatoms. The molecule has 0 aliphatic carbocycles. The molecule has 1 amide bonds. The Kier molecular flexibility index (Phi) is 3.71. The van der Waals surface area contributed by atoms with Gasteiger partial charge in [-0.3, -0.25) is 14.5 Å². The van der Waals surface area contributed by atoms with E-state index >= 15 is 0 Å². The molecule has 1 aliphatic heterocycles. The van der Waals surface area contributed by atoms with Crippen molar-refractivity contribution in [2.45, 2.75) is 6.04 Å². The van der Waals surface area contributed by atoms with Crippen LogP contribution in [0.3, 0.4) is 0 Å². The number of H-pyrrole nitrogens is 1. The Morgan fingerprint density at radius 1 is 1.04 bits per heavy atom. The van der Waals surface area contributed by atoms with Crippen LogP contribution in [0.1, 0.15) is 27.7 Å². The van der Waals surface area contributed by atoms with Crippen LogP contribution in [0.15, 0.2) is 51.7 Å². The summed E-state index contributed by atoms with van der Waals surface area (Å²) in [6, 6.07) is 10.7. The van der Waals surface area contributed by atoms with Crippen LogP contribution in [-0.2, 0) is 0 Å². The molecule has 4 aromatic rings. The van der Waals surface area contributed by atoms with E-state index in [1.54, 1.807) is 36.4 Å². The second kappa shape index (κ2) is 6.15. The lowest BCUT2D eigenvalue weighted by molar-refractivity contribution is 0.0969. The van der Waals surface area contributed by atoms with Gasteiger partial charge in [0.1, 0.15) is 5.58 Å². The van der Waals surface area contributed by atoms with Gasteiger partial charge in [0.15, 0.2) is 5.43 Å². The Hall–Kier alpha value is -3.23. The molecule has 8 nitrogen and oxygen atoms in total. The number of fused-ring (bicyclic) bond motifs is 2. The summed E-state index contributed by atoms with van der Waals surface area (Å²) in [6.07, 6.45) is 0. The fraction of sp³-hybridized carbons (Fsp3) is 0.0556. The first-order valence-corrected chi connectivity index (χ1v) is 8.89. The molecule has 1 N–H and O–H groups in total. The number of benzene rings is 2. The van der Waals surface area contributed by atoms with Crippen molar-refractivity contribution in [3.05, 3.63) is 79.6 Å². The number of hydrogen-bond acceptors (Lipinski definition) is 6. The third-order valence-corrected chi connectivity index (χ3v) is 5.05. The van der Waals surface area contributed by atoms with E-state index in [9.17, 15) is 9.59 Å². The van der Waals surface area contributed by atoms with E-state index in [2.05, 4.69) is 20.6 Å². The smallest absolute Gasteiger partial charge is 0.297 e. The minimum absolute atomic E-state index is 0.0258. The summed E-state index contributed by atoms with van der Waals surface area (Å²) in [5.41, 5.74) is 0.756. The lowest BCUT2D eigenvalue weighted by Crippen LogP contribution is -2.30. The van der Waals surface area contributed by atoms with Crippen molar-refractivity contribution in [2.75, 3.05) is 4.90 Å². The van der Waals surface area contributed by atoms with E-state index in [0.29, 0.717) is 15.6 Å². The van der Waals surface area contributed by atoms with Crippen molar-refractivity contribution >= 4 is 46.0 Å². The highest BCUT2D eigenvalue weighted by atomic mass is 35.5. The summed E-state index contributed by atoms with van der Waals surface area (Å²) < 4.78 is 5.79. The largest absolute Gasteiger partial charge is 0.450 e. The van der Waals surface area contributed by atoms with E-state index in [1.165, 1.54) is 11.0 Å². The molecule has 0 bridgehead atoms. The quantitative estimate of drug-likeness (QED) is 0.539. The maximum atomic E-state index is 13.3. The minimum atomic E-state index is -0.794. The first-order chi connectivity index (χ1) is 13.5. The van der Waals surface area contributed by atoms with Gasteiger partial charge >= 0.3 is 0 Å². The van der Waals surface area contributed by atoms with Crippen molar-refractivity contribution in [1.82, 2.24) is 20.6 Å². The van der Waals surface area contributed by atoms with Crippen LogP contribution >= 0.6 is 23.2 Å². The van der Waals surface area contributed by atoms with Crippen LogP contribution in [0.5, 0.6) is 0 Å². The molecule has 0 radical (unpaired) electrons. The van der Waals surface area contributed by atoms with E-state index < -0.39 is 11.9 Å². The number of tetrazole rings is 1. The van der Waals surface area contributed by atoms with Crippen molar-refractivity contribution in [1.29, 1.82) is 0 Å². The summed E-state index contributed by atoms with van der Waals surface area (Å²) in [5.74, 6) is -0.576. The Morgan fingerprint density at radius 2 is 1.79 bits per heavy atom. The van der Waals surface area contributed by atoms with Crippen LogP contribution < -0.4 is 10.3 Å². The summed E-state index contributed by atoms with van der Waals surface area (Å²) >= 11 is 12.0. The number of anilines is 1. The highest BCUT2D eigenvalue weighted by Crippen LogP contribution is 2.40. The van der Waals surface area contributed by atoms with Gasteiger partial charge in [0, 0.05) is 10.0 Å². The summed E-state index contributed by atoms with van der Waals surface area (Å²) in [7, 11) is 0. The minimum Gasteiger partial charge on any atom is -0.450 e. The lowest BCUT2D eigenvalue weighted by Gasteiger charge is -2.21. The number of hydrogen-bond donors (Lipinski definition) is 1. The molecule has 2 aromatic heterocycles. The standard InChI is InChI=1S/C18H9Cl2N5O3/c19-9-3-1-8(2-4-9)14-13-15(26)11-7-10(20)5-6-12(11)28-16(13)17(27)25(14)18-21-23-24-22-18/h1-7,14H,(H,21,22,23,24)/t14-/m0/s1. The van der Waals surface area contributed by atoms with Gasteiger partial charge in [0.2, 0.25) is 5.76 Å². The zero-order valence-corrected chi connectivity index (χ0v) is 15.4. The number of amides is 1. The number of aromatic amines is 1. The number of rotatable bonds is 2. The SMILES string of the molecule is O=C1c2oc3ccc(Cl)cc3c(=O)c2[C@H](c2ccc(Cl)cc2)N1c1nn[nH]n1. The Morgan fingerprint density at radius 3 is 2.50 bits per heavy atom. The predicted molar refractivity (Wildman–Crippen MR) is 102 cm³/mol. The van der Waals surface area contributed by atoms with Crippen LogP contribution in [0.4, 0.5) is 5.95 Å². The molecule has 2 aromatic carbocycles. The molecule has 0 spiro atoms. The number of nitrogens with zero attached hydrogens (tertiary/aromatic N) is 4. The van der Waals surface area contributed by atoms with Crippen molar-refractivity contribution in [3.8, 4) is 0 Å². The van der Waals surface area contributed by atoms with Crippen LogP contribution in [0.2, 0.25) is 10.0 Å². The average molecular weight is 414 g/mol. The highest BCUT2D eigenvalue weighted by molar-refractivity contribution is 6.31. The molecule has 1 atom stereocenters. The van der Waals surface area contributed by atoms with E-state index in [1.807, 2.05) is 0 Å². The van der Waals surface area contributed by atoms with Gasteiger partial charge in [0.05, 0.1) is 17.0 Å². The van der Waals surface area contributed by atoms with Crippen molar-refractivity contribution in [3.63, 3.8) is 0 Å². The second-order valence-corrected chi connectivity index (χ2v) is 7.03. The fourth-order valence-corrected chi connectivity index (χ4v) is 3.67. The van der Waals surface area contributed by atoms with Gasteiger partial charge in [-0.15, -0.1) is 5.10 Å². The van der Waals surface area contributed by atoms with E-state index in [0.717, 1.165) is 0 Å². The molecule has 0 fully saturated rings. The molecular weight excluding hydrogens is 405 g/mol. The lowest BCUT2D eigenvalue weighted by atomic mass is 9.99. The van der Waals surface area contributed by atoms with Gasteiger partial charge in [0.25, 0.3) is 11.9 Å². The predicted octanol–water partition coefficient (Wildman–Crippen LogP) is 3.36. The number of halogens is 2.